The van der Waals surface area contributed by atoms with Crippen LogP contribution in [0.5, 0.6) is 0 Å². The van der Waals surface area contributed by atoms with Crippen molar-refractivity contribution >= 4 is 17.5 Å². The minimum absolute atomic E-state index is 0.105. The van der Waals surface area contributed by atoms with E-state index in [1.807, 2.05) is 6.07 Å². The van der Waals surface area contributed by atoms with E-state index in [0.29, 0.717) is 17.4 Å². The summed E-state index contributed by atoms with van der Waals surface area (Å²) >= 11 is 0. The third-order valence-corrected chi connectivity index (χ3v) is 3.66. The van der Waals surface area contributed by atoms with Crippen molar-refractivity contribution in [1.29, 1.82) is 0 Å². The van der Waals surface area contributed by atoms with Crippen LogP contribution in [0.4, 0.5) is 21.8 Å². The summed E-state index contributed by atoms with van der Waals surface area (Å²) in [5.74, 6) is 1.70. The van der Waals surface area contributed by atoms with Gasteiger partial charge in [0.15, 0.2) is 0 Å². The summed E-state index contributed by atoms with van der Waals surface area (Å²) in [4.78, 5) is 9.18. The lowest BCUT2D eigenvalue weighted by molar-refractivity contribution is 0.618. The molecule has 0 saturated heterocycles. The van der Waals surface area contributed by atoms with E-state index in [-0.39, 0.29) is 11.4 Å². The second-order valence-electron chi connectivity index (χ2n) is 7.24. The molecule has 0 aliphatic heterocycles. The molecule has 1 aliphatic carbocycles. The lowest BCUT2D eigenvalue weighted by atomic mass is 10.1. The molecule has 0 atom stereocenters. The molecule has 122 valence electrons. The molecule has 3 rings (SSSR count). The third-order valence-electron chi connectivity index (χ3n) is 3.66. The topological polar surface area (TPSA) is 49.8 Å². The zero-order valence-electron chi connectivity index (χ0n) is 14.1. The Morgan fingerprint density at radius 3 is 2.48 bits per heavy atom. The van der Waals surface area contributed by atoms with Crippen LogP contribution < -0.4 is 10.6 Å². The number of halogens is 1. The SMILES string of the molecule is Cc1cc(Nc2cc(C3CC3)nc(NC(C)(C)C)n2)ccc1F. The van der Waals surface area contributed by atoms with Gasteiger partial charge in [0, 0.05) is 23.2 Å². The second kappa shape index (κ2) is 5.80. The third kappa shape index (κ3) is 4.18. The molecule has 4 nitrogen and oxygen atoms in total. The molecule has 2 aromatic rings. The van der Waals surface area contributed by atoms with E-state index in [4.69, 9.17) is 0 Å². The van der Waals surface area contributed by atoms with Gasteiger partial charge in [-0.2, -0.15) is 4.98 Å². The van der Waals surface area contributed by atoms with Crippen molar-refractivity contribution in [2.24, 2.45) is 0 Å². The number of hydrogen-bond acceptors (Lipinski definition) is 4. The van der Waals surface area contributed by atoms with Crippen molar-refractivity contribution in [2.75, 3.05) is 10.6 Å². The van der Waals surface area contributed by atoms with Crippen LogP contribution in [0.3, 0.4) is 0 Å². The van der Waals surface area contributed by atoms with Crippen LogP contribution in [0.2, 0.25) is 0 Å². The Balaban J connectivity index is 1.89. The minimum Gasteiger partial charge on any atom is -0.350 e. The maximum atomic E-state index is 13.4. The molecule has 1 saturated carbocycles. The van der Waals surface area contributed by atoms with Gasteiger partial charge < -0.3 is 10.6 Å². The average molecular weight is 314 g/mol. The van der Waals surface area contributed by atoms with Crippen LogP contribution >= 0.6 is 0 Å². The Bertz CT molecular complexity index is 717. The molecule has 5 heteroatoms. The van der Waals surface area contributed by atoms with E-state index in [9.17, 15) is 4.39 Å². The smallest absolute Gasteiger partial charge is 0.225 e. The zero-order valence-corrected chi connectivity index (χ0v) is 14.1. The number of benzene rings is 1. The van der Waals surface area contributed by atoms with Crippen LogP contribution in [0.25, 0.3) is 0 Å². The normalized spacial score (nSPS) is 14.7. The predicted molar refractivity (Wildman–Crippen MR) is 91.8 cm³/mol. The van der Waals surface area contributed by atoms with Gasteiger partial charge in [-0.3, -0.25) is 0 Å². The number of aryl methyl sites for hydroxylation is 1. The van der Waals surface area contributed by atoms with Gasteiger partial charge in [0.05, 0.1) is 5.69 Å². The minimum atomic E-state index is -0.202. The molecular formula is C18H23FN4. The molecule has 23 heavy (non-hydrogen) atoms. The molecule has 1 fully saturated rings. The molecule has 0 amide bonds. The van der Waals surface area contributed by atoms with E-state index < -0.39 is 0 Å². The average Bonchev–Trinajstić information content (AvgIpc) is 3.25. The summed E-state index contributed by atoms with van der Waals surface area (Å²) in [5, 5.41) is 6.59. The molecule has 0 spiro atoms. The first-order chi connectivity index (χ1) is 10.8. The molecule has 0 radical (unpaired) electrons. The predicted octanol–water partition coefficient (Wildman–Crippen LogP) is 4.76. The van der Waals surface area contributed by atoms with Gasteiger partial charge in [0.25, 0.3) is 0 Å². The number of hydrogen-bond donors (Lipinski definition) is 2. The first-order valence-corrected chi connectivity index (χ1v) is 8.00. The quantitative estimate of drug-likeness (QED) is 0.854. The standard InChI is InChI=1S/C18H23FN4/c1-11-9-13(7-8-14(11)19)20-16-10-15(12-5-6-12)21-17(22-16)23-18(2,3)4/h7-10,12H,5-6H2,1-4H3,(H2,20,21,22,23). The maximum absolute atomic E-state index is 13.4. The number of aromatic nitrogens is 2. The van der Waals surface area contributed by atoms with Gasteiger partial charge >= 0.3 is 0 Å². The summed E-state index contributed by atoms with van der Waals surface area (Å²) in [7, 11) is 0. The molecule has 2 N–H and O–H groups in total. The Morgan fingerprint density at radius 2 is 1.87 bits per heavy atom. The van der Waals surface area contributed by atoms with Gasteiger partial charge in [-0.05, 0) is 64.3 Å². The largest absolute Gasteiger partial charge is 0.350 e. The zero-order chi connectivity index (χ0) is 16.6. The molecule has 1 aromatic carbocycles. The Kier molecular flexibility index (Phi) is 3.96. The van der Waals surface area contributed by atoms with Crippen molar-refractivity contribution in [3.8, 4) is 0 Å². The summed E-state index contributed by atoms with van der Waals surface area (Å²) in [6.07, 6.45) is 2.36. The van der Waals surface area contributed by atoms with E-state index >= 15 is 0 Å². The van der Waals surface area contributed by atoms with Crippen LogP contribution in [-0.4, -0.2) is 15.5 Å². The Morgan fingerprint density at radius 1 is 1.13 bits per heavy atom. The summed E-state index contributed by atoms with van der Waals surface area (Å²) in [6.45, 7) is 7.99. The van der Waals surface area contributed by atoms with Crippen LogP contribution in [-0.2, 0) is 0 Å². The van der Waals surface area contributed by atoms with E-state index in [1.54, 1.807) is 19.1 Å². The highest BCUT2D eigenvalue weighted by molar-refractivity contribution is 5.59. The molecule has 0 bridgehead atoms. The Labute approximate surface area is 136 Å². The fraction of sp³-hybridized carbons (Fsp3) is 0.444. The highest BCUT2D eigenvalue weighted by Crippen LogP contribution is 2.40. The van der Waals surface area contributed by atoms with Crippen molar-refractivity contribution < 1.29 is 4.39 Å². The summed E-state index contributed by atoms with van der Waals surface area (Å²) in [6, 6.07) is 6.96. The molecule has 1 heterocycles. The first-order valence-electron chi connectivity index (χ1n) is 8.00. The van der Waals surface area contributed by atoms with E-state index in [1.165, 1.54) is 18.9 Å². The van der Waals surface area contributed by atoms with Crippen LogP contribution in [0.15, 0.2) is 24.3 Å². The van der Waals surface area contributed by atoms with Crippen molar-refractivity contribution in [3.05, 3.63) is 41.3 Å². The van der Waals surface area contributed by atoms with Crippen molar-refractivity contribution in [1.82, 2.24) is 9.97 Å². The monoisotopic (exact) mass is 314 g/mol. The molecular weight excluding hydrogens is 291 g/mol. The summed E-state index contributed by atoms with van der Waals surface area (Å²) < 4.78 is 13.4. The number of anilines is 3. The lowest BCUT2D eigenvalue weighted by Gasteiger charge is -2.21. The lowest BCUT2D eigenvalue weighted by Crippen LogP contribution is -2.27. The van der Waals surface area contributed by atoms with Gasteiger partial charge in [0.1, 0.15) is 11.6 Å². The Hall–Kier alpha value is -2.17. The first kappa shape index (κ1) is 15.7. The molecule has 0 unspecified atom stereocenters. The van der Waals surface area contributed by atoms with Gasteiger partial charge in [-0.1, -0.05) is 0 Å². The second-order valence-corrected chi connectivity index (χ2v) is 7.24. The van der Waals surface area contributed by atoms with Crippen molar-refractivity contribution in [3.63, 3.8) is 0 Å². The fourth-order valence-corrected chi connectivity index (χ4v) is 2.38. The number of nitrogens with zero attached hydrogens (tertiary/aromatic N) is 2. The molecule has 1 aliphatic rings. The number of rotatable bonds is 4. The van der Waals surface area contributed by atoms with E-state index in [0.717, 1.165) is 17.2 Å². The van der Waals surface area contributed by atoms with Crippen LogP contribution in [0.1, 0.15) is 50.8 Å². The van der Waals surface area contributed by atoms with Gasteiger partial charge in [-0.15, -0.1) is 0 Å². The highest BCUT2D eigenvalue weighted by atomic mass is 19.1. The van der Waals surface area contributed by atoms with Gasteiger partial charge in [0.2, 0.25) is 5.95 Å². The van der Waals surface area contributed by atoms with E-state index in [2.05, 4.69) is 41.4 Å². The summed E-state index contributed by atoms with van der Waals surface area (Å²) in [5.41, 5.74) is 2.39. The van der Waals surface area contributed by atoms with Gasteiger partial charge in [-0.25, -0.2) is 9.37 Å². The highest BCUT2D eigenvalue weighted by Gasteiger charge is 2.26. The fourth-order valence-electron chi connectivity index (χ4n) is 2.38. The maximum Gasteiger partial charge on any atom is 0.225 e. The molecule has 1 aromatic heterocycles. The number of nitrogens with one attached hydrogen (secondary N) is 2. The van der Waals surface area contributed by atoms with Crippen molar-refractivity contribution in [2.45, 2.75) is 52.0 Å². The van der Waals surface area contributed by atoms with Crippen LogP contribution in [0, 0.1) is 12.7 Å².